The zero-order chi connectivity index (χ0) is 18.7. The number of β-amino-alcohol motifs (C(OH)–C–C–N with tert-alkyl or cyclic N) is 1. The molecule has 1 unspecified atom stereocenters. The summed E-state index contributed by atoms with van der Waals surface area (Å²) < 4.78 is 5.84. The van der Waals surface area contributed by atoms with Gasteiger partial charge in [-0.1, -0.05) is 17.7 Å². The Morgan fingerprint density at radius 1 is 1.35 bits per heavy atom. The molecule has 26 heavy (non-hydrogen) atoms. The summed E-state index contributed by atoms with van der Waals surface area (Å²) in [4.78, 5) is 18.3. The summed E-state index contributed by atoms with van der Waals surface area (Å²) >= 11 is 6.18. The largest absolute Gasteiger partial charge is 0.491 e. The molecule has 1 fully saturated rings. The van der Waals surface area contributed by atoms with Crippen LogP contribution < -0.4 is 4.74 Å². The van der Waals surface area contributed by atoms with E-state index in [9.17, 15) is 9.90 Å². The van der Waals surface area contributed by atoms with Crippen molar-refractivity contribution in [1.82, 2.24) is 9.88 Å². The molecule has 138 valence electrons. The topological polar surface area (TPSA) is 62.7 Å². The quantitative estimate of drug-likeness (QED) is 0.890. The van der Waals surface area contributed by atoms with Crippen molar-refractivity contribution >= 4 is 17.5 Å². The van der Waals surface area contributed by atoms with Gasteiger partial charge in [0, 0.05) is 17.8 Å². The van der Waals surface area contributed by atoms with Gasteiger partial charge in [-0.25, -0.2) is 0 Å². The fourth-order valence-electron chi connectivity index (χ4n) is 3.26. The average molecular weight is 375 g/mol. The number of ether oxygens (including phenoxy) is 1. The molecule has 3 rings (SSSR count). The minimum Gasteiger partial charge on any atom is -0.491 e. The van der Waals surface area contributed by atoms with Gasteiger partial charge in [0.15, 0.2) is 0 Å². The first-order valence-corrected chi connectivity index (χ1v) is 9.08. The van der Waals surface area contributed by atoms with Crippen LogP contribution in [0.25, 0.3) is 0 Å². The van der Waals surface area contributed by atoms with Gasteiger partial charge in [0.05, 0.1) is 6.54 Å². The minimum absolute atomic E-state index is 0.125. The lowest BCUT2D eigenvalue weighted by Crippen LogP contribution is -2.53. The molecule has 6 heteroatoms. The number of aromatic nitrogens is 1. The summed E-state index contributed by atoms with van der Waals surface area (Å²) in [6.45, 7) is 4.81. The van der Waals surface area contributed by atoms with E-state index in [0.717, 1.165) is 22.6 Å². The summed E-state index contributed by atoms with van der Waals surface area (Å²) in [7, 11) is 0. The molecule has 1 saturated heterocycles. The summed E-state index contributed by atoms with van der Waals surface area (Å²) in [5.41, 5.74) is 1.18. The van der Waals surface area contributed by atoms with Crippen molar-refractivity contribution in [2.24, 2.45) is 0 Å². The number of halogens is 1. The Morgan fingerprint density at radius 2 is 2.08 bits per heavy atom. The number of rotatable bonds is 4. The van der Waals surface area contributed by atoms with Crippen molar-refractivity contribution in [3.8, 4) is 5.75 Å². The van der Waals surface area contributed by atoms with Gasteiger partial charge < -0.3 is 14.7 Å². The van der Waals surface area contributed by atoms with Crippen LogP contribution in [0, 0.1) is 13.8 Å². The monoisotopic (exact) mass is 374 g/mol. The zero-order valence-electron chi connectivity index (χ0n) is 15.0. The van der Waals surface area contributed by atoms with E-state index in [2.05, 4.69) is 4.98 Å². The molecule has 1 amide bonds. The fraction of sp³-hybridized carbons (Fsp3) is 0.400. The summed E-state index contributed by atoms with van der Waals surface area (Å²) in [6.07, 6.45) is 2.90. The number of carbonyl (C=O) groups is 1. The second-order valence-electron chi connectivity index (χ2n) is 6.93. The minimum atomic E-state index is -1.08. The Bertz CT molecular complexity index is 774. The number of benzene rings is 1. The molecule has 1 aliphatic heterocycles. The van der Waals surface area contributed by atoms with Gasteiger partial charge in [-0.05, 0) is 62.1 Å². The molecule has 0 spiro atoms. The average Bonchev–Trinajstić information content (AvgIpc) is 2.64. The summed E-state index contributed by atoms with van der Waals surface area (Å²) in [6, 6.07) is 8.96. The first-order valence-electron chi connectivity index (χ1n) is 8.70. The van der Waals surface area contributed by atoms with E-state index in [0.29, 0.717) is 24.4 Å². The highest BCUT2D eigenvalue weighted by atomic mass is 35.5. The number of pyridine rings is 1. The second-order valence-corrected chi connectivity index (χ2v) is 7.31. The van der Waals surface area contributed by atoms with Crippen LogP contribution >= 0.6 is 11.6 Å². The van der Waals surface area contributed by atoms with Gasteiger partial charge in [0.1, 0.15) is 23.7 Å². The van der Waals surface area contributed by atoms with E-state index < -0.39 is 5.60 Å². The van der Waals surface area contributed by atoms with Crippen LogP contribution in [0.1, 0.15) is 34.5 Å². The Hall–Kier alpha value is -2.11. The Labute approximate surface area is 158 Å². The van der Waals surface area contributed by atoms with Gasteiger partial charge in [-0.2, -0.15) is 0 Å². The smallest absolute Gasteiger partial charge is 0.272 e. The highest BCUT2D eigenvalue weighted by Gasteiger charge is 2.36. The van der Waals surface area contributed by atoms with Crippen LogP contribution in [0.2, 0.25) is 5.02 Å². The molecule has 1 N–H and O–H groups in total. The van der Waals surface area contributed by atoms with E-state index in [1.54, 1.807) is 29.3 Å². The molecule has 0 saturated carbocycles. The molecule has 5 nitrogen and oxygen atoms in total. The van der Waals surface area contributed by atoms with Crippen molar-refractivity contribution in [3.05, 3.63) is 58.4 Å². The van der Waals surface area contributed by atoms with E-state index >= 15 is 0 Å². The molecule has 2 aromatic rings. The molecule has 2 heterocycles. The van der Waals surface area contributed by atoms with Gasteiger partial charge in [-0.15, -0.1) is 0 Å². The van der Waals surface area contributed by atoms with Crippen molar-refractivity contribution < 1.29 is 14.6 Å². The van der Waals surface area contributed by atoms with E-state index in [-0.39, 0.29) is 19.1 Å². The van der Waals surface area contributed by atoms with Crippen molar-refractivity contribution in [2.75, 3.05) is 19.7 Å². The van der Waals surface area contributed by atoms with Crippen molar-refractivity contribution in [2.45, 2.75) is 32.3 Å². The SMILES string of the molecule is Cc1cc(OCC2(O)CCCN(C(=O)c3ccccn3)C2)cc(C)c1Cl. The summed E-state index contributed by atoms with van der Waals surface area (Å²) in [5.74, 6) is 0.507. The van der Waals surface area contributed by atoms with Crippen molar-refractivity contribution in [3.63, 3.8) is 0 Å². The van der Waals surface area contributed by atoms with Crippen LogP contribution in [0.4, 0.5) is 0 Å². The molecule has 0 bridgehead atoms. The van der Waals surface area contributed by atoms with E-state index in [4.69, 9.17) is 16.3 Å². The maximum atomic E-state index is 12.6. The fourth-order valence-corrected chi connectivity index (χ4v) is 3.37. The third kappa shape index (κ3) is 4.17. The first kappa shape index (κ1) is 18.7. The number of aryl methyl sites for hydroxylation is 2. The Kier molecular flexibility index (Phi) is 5.49. The third-order valence-electron chi connectivity index (χ3n) is 4.64. The molecular weight excluding hydrogens is 352 g/mol. The third-order valence-corrected chi connectivity index (χ3v) is 5.24. The molecular formula is C20H23ClN2O3. The molecule has 1 atom stereocenters. The first-order chi connectivity index (χ1) is 12.4. The standard InChI is InChI=1S/C20H23ClN2O3/c1-14-10-16(11-15(2)18(14)21)26-13-20(25)7-5-9-23(12-20)19(24)17-6-3-4-8-22-17/h3-4,6,8,10-11,25H,5,7,9,12-13H2,1-2H3. The molecule has 1 aromatic heterocycles. The number of nitrogens with zero attached hydrogens (tertiary/aromatic N) is 2. The molecule has 0 aliphatic carbocycles. The van der Waals surface area contributed by atoms with Crippen LogP contribution in [-0.2, 0) is 0 Å². The number of carbonyl (C=O) groups excluding carboxylic acids is 1. The molecule has 1 aromatic carbocycles. The highest BCUT2D eigenvalue weighted by molar-refractivity contribution is 6.32. The Balaban J connectivity index is 1.67. The van der Waals surface area contributed by atoms with E-state index in [1.165, 1.54) is 0 Å². The van der Waals surface area contributed by atoms with Gasteiger partial charge in [-0.3, -0.25) is 9.78 Å². The molecule has 0 radical (unpaired) electrons. The van der Waals surface area contributed by atoms with Crippen molar-refractivity contribution in [1.29, 1.82) is 0 Å². The predicted molar refractivity (Wildman–Crippen MR) is 101 cm³/mol. The summed E-state index contributed by atoms with van der Waals surface area (Å²) in [5, 5.41) is 11.6. The number of amides is 1. The zero-order valence-corrected chi connectivity index (χ0v) is 15.8. The number of hydrogen-bond acceptors (Lipinski definition) is 4. The lowest BCUT2D eigenvalue weighted by Gasteiger charge is -2.38. The van der Waals surface area contributed by atoms with Gasteiger partial charge in [0.2, 0.25) is 0 Å². The van der Waals surface area contributed by atoms with Crippen LogP contribution in [-0.4, -0.2) is 46.2 Å². The maximum absolute atomic E-state index is 12.6. The number of likely N-dealkylation sites (tertiary alicyclic amines) is 1. The predicted octanol–water partition coefficient (Wildman–Crippen LogP) is 3.40. The number of hydrogen-bond donors (Lipinski definition) is 1. The van der Waals surface area contributed by atoms with E-state index in [1.807, 2.05) is 26.0 Å². The van der Waals surface area contributed by atoms with Gasteiger partial charge >= 0.3 is 0 Å². The normalized spacial score (nSPS) is 20.1. The van der Waals surface area contributed by atoms with Crippen LogP contribution in [0.15, 0.2) is 36.5 Å². The lowest BCUT2D eigenvalue weighted by molar-refractivity contribution is -0.0533. The maximum Gasteiger partial charge on any atom is 0.272 e. The highest BCUT2D eigenvalue weighted by Crippen LogP contribution is 2.28. The lowest BCUT2D eigenvalue weighted by atomic mass is 9.93. The molecule has 1 aliphatic rings. The van der Waals surface area contributed by atoms with Gasteiger partial charge in [0.25, 0.3) is 5.91 Å². The van der Waals surface area contributed by atoms with Crippen LogP contribution in [0.3, 0.4) is 0 Å². The number of aliphatic hydroxyl groups is 1. The number of piperidine rings is 1. The Morgan fingerprint density at radius 3 is 2.73 bits per heavy atom. The van der Waals surface area contributed by atoms with Crippen LogP contribution in [0.5, 0.6) is 5.75 Å². The second kappa shape index (κ2) is 7.64.